The van der Waals surface area contributed by atoms with Gasteiger partial charge in [-0.2, -0.15) is 10.2 Å². The van der Waals surface area contributed by atoms with Crippen LogP contribution in [0.3, 0.4) is 0 Å². The fourth-order valence-electron chi connectivity index (χ4n) is 0.347. The summed E-state index contributed by atoms with van der Waals surface area (Å²) in [7, 11) is 0. The van der Waals surface area contributed by atoms with Gasteiger partial charge in [0.05, 0.1) is 5.54 Å². The first-order valence-electron chi connectivity index (χ1n) is 3.30. The second kappa shape index (κ2) is 5.86. The molecule has 0 aliphatic carbocycles. The minimum atomic E-state index is -0.157. The summed E-state index contributed by atoms with van der Waals surface area (Å²) in [5.41, 5.74) is -0.157. The number of Topliss-reactive ketones (excluding diaryl/α,β-unsaturated/α-hetero) is 1. The van der Waals surface area contributed by atoms with Crippen molar-refractivity contribution in [1.82, 2.24) is 0 Å². The molecule has 0 atom stereocenters. The molecule has 0 fully saturated rings. The van der Waals surface area contributed by atoms with Gasteiger partial charge in [-0.3, -0.25) is 4.79 Å². The van der Waals surface area contributed by atoms with Gasteiger partial charge >= 0.3 is 29.6 Å². The van der Waals surface area contributed by atoms with E-state index >= 15 is 0 Å². The van der Waals surface area contributed by atoms with Gasteiger partial charge in [0.15, 0.2) is 5.78 Å². The van der Waals surface area contributed by atoms with E-state index in [4.69, 9.17) is 0 Å². The van der Waals surface area contributed by atoms with Crippen molar-refractivity contribution in [2.45, 2.75) is 33.2 Å². The molecule has 0 N–H and O–H groups in total. The summed E-state index contributed by atoms with van der Waals surface area (Å²) in [6.07, 6.45) is 0. The number of nitrogens with zero attached hydrogens (tertiary/aromatic N) is 2. The Balaban J connectivity index is -0.000000405. The monoisotopic (exact) mass is 166 g/mol. The zero-order chi connectivity index (χ0) is 8.20. The van der Waals surface area contributed by atoms with E-state index < -0.39 is 0 Å². The second-order valence-electron chi connectivity index (χ2n) is 3.27. The van der Waals surface area contributed by atoms with Gasteiger partial charge < -0.3 is 1.43 Å². The Morgan fingerprint density at radius 3 is 2.18 bits per heavy atom. The summed E-state index contributed by atoms with van der Waals surface area (Å²) in [4.78, 5) is 10.4. The van der Waals surface area contributed by atoms with Gasteiger partial charge in [0.25, 0.3) is 0 Å². The standard InChI is InChI=1S/C7H14N2O.Na.H/c1-6(10)5-8-9-7(2,3)4;;/h5H2,1-4H3;;/q;+1;-1. The zero-order valence-corrected chi connectivity index (χ0v) is 10.0. The second-order valence-corrected chi connectivity index (χ2v) is 3.27. The van der Waals surface area contributed by atoms with Gasteiger partial charge in [0.1, 0.15) is 6.54 Å². The molecule has 3 nitrogen and oxygen atoms in total. The zero-order valence-electron chi connectivity index (χ0n) is 9.01. The van der Waals surface area contributed by atoms with Crippen LogP contribution in [0.4, 0.5) is 0 Å². The Hall–Kier alpha value is 0.270. The Bertz CT molecular complexity index is 154. The van der Waals surface area contributed by atoms with E-state index in [1.165, 1.54) is 6.92 Å². The van der Waals surface area contributed by atoms with Crippen LogP contribution in [0, 0.1) is 0 Å². The number of rotatable bonds is 2. The van der Waals surface area contributed by atoms with Crippen molar-refractivity contribution < 1.29 is 35.8 Å². The molecule has 0 saturated carbocycles. The number of carbonyl (C=O) groups is 1. The number of ketones is 1. The summed E-state index contributed by atoms with van der Waals surface area (Å²) >= 11 is 0. The predicted octanol–water partition coefficient (Wildman–Crippen LogP) is -1.06. The van der Waals surface area contributed by atoms with E-state index in [0.29, 0.717) is 0 Å². The van der Waals surface area contributed by atoms with Crippen LogP contribution in [0.5, 0.6) is 0 Å². The van der Waals surface area contributed by atoms with Gasteiger partial charge in [-0.1, -0.05) is 0 Å². The molecule has 0 saturated heterocycles. The number of hydrogen-bond acceptors (Lipinski definition) is 3. The van der Waals surface area contributed by atoms with Crippen LogP contribution in [0.2, 0.25) is 0 Å². The van der Waals surface area contributed by atoms with E-state index in [1.807, 2.05) is 20.8 Å². The number of carbonyl (C=O) groups excluding carboxylic acids is 1. The van der Waals surface area contributed by atoms with Crippen molar-refractivity contribution in [1.29, 1.82) is 0 Å². The fraction of sp³-hybridized carbons (Fsp3) is 0.857. The third-order valence-corrected chi connectivity index (χ3v) is 0.664. The Labute approximate surface area is 91.4 Å². The average molecular weight is 166 g/mol. The van der Waals surface area contributed by atoms with Gasteiger partial charge in [-0.05, 0) is 27.7 Å². The van der Waals surface area contributed by atoms with Crippen LogP contribution >= 0.6 is 0 Å². The van der Waals surface area contributed by atoms with Gasteiger partial charge in [0.2, 0.25) is 0 Å². The molecule has 0 aromatic rings. The molecule has 0 radical (unpaired) electrons. The minimum Gasteiger partial charge on any atom is -1.00 e. The average Bonchev–Trinajstić information content (AvgIpc) is 1.59. The molecule has 11 heavy (non-hydrogen) atoms. The van der Waals surface area contributed by atoms with Crippen LogP contribution in [-0.2, 0) is 4.79 Å². The third kappa shape index (κ3) is 13.3. The molecule has 0 spiro atoms. The molecule has 0 aliphatic rings. The molecule has 0 bridgehead atoms. The topological polar surface area (TPSA) is 41.8 Å². The molecule has 60 valence electrons. The molecule has 0 aromatic heterocycles. The van der Waals surface area contributed by atoms with Gasteiger partial charge in [-0.15, -0.1) is 0 Å². The maximum Gasteiger partial charge on any atom is 1.00 e. The van der Waals surface area contributed by atoms with E-state index in [-0.39, 0.29) is 48.9 Å². The summed E-state index contributed by atoms with van der Waals surface area (Å²) in [5.74, 6) is 0.0491. The largest absolute Gasteiger partial charge is 1.00 e. The SMILES string of the molecule is CC(=O)CN=NC(C)(C)C.[H-].[Na+]. The van der Waals surface area contributed by atoms with Crippen molar-refractivity contribution in [2.75, 3.05) is 6.54 Å². The number of hydrogen-bond donors (Lipinski definition) is 0. The number of azo groups is 1. The maximum absolute atomic E-state index is 10.4. The van der Waals surface area contributed by atoms with E-state index in [9.17, 15) is 4.79 Å². The first-order chi connectivity index (χ1) is 4.42. The Kier molecular flexibility index (Phi) is 7.37. The molecule has 0 unspecified atom stereocenters. The third-order valence-electron chi connectivity index (χ3n) is 0.664. The summed E-state index contributed by atoms with van der Waals surface area (Å²) < 4.78 is 0. The van der Waals surface area contributed by atoms with Crippen molar-refractivity contribution >= 4 is 5.78 Å². The van der Waals surface area contributed by atoms with Gasteiger partial charge in [-0.25, -0.2) is 0 Å². The Morgan fingerprint density at radius 1 is 1.45 bits per heavy atom. The van der Waals surface area contributed by atoms with E-state index in [1.54, 1.807) is 0 Å². The molecule has 0 aromatic carbocycles. The van der Waals surface area contributed by atoms with E-state index in [0.717, 1.165) is 0 Å². The molecule has 0 aliphatic heterocycles. The Morgan fingerprint density at radius 2 is 1.91 bits per heavy atom. The van der Waals surface area contributed by atoms with Crippen LogP contribution < -0.4 is 29.6 Å². The molecule has 0 heterocycles. The van der Waals surface area contributed by atoms with Crippen LogP contribution in [0.25, 0.3) is 0 Å². The molecule has 0 rings (SSSR count). The van der Waals surface area contributed by atoms with Gasteiger partial charge in [0, 0.05) is 0 Å². The summed E-state index contributed by atoms with van der Waals surface area (Å²) in [6, 6.07) is 0. The van der Waals surface area contributed by atoms with Crippen LogP contribution in [0.15, 0.2) is 10.2 Å². The summed E-state index contributed by atoms with van der Waals surface area (Å²) in [6.45, 7) is 7.53. The fourth-order valence-corrected chi connectivity index (χ4v) is 0.347. The summed E-state index contributed by atoms with van der Waals surface area (Å²) in [5, 5.41) is 7.62. The van der Waals surface area contributed by atoms with E-state index in [2.05, 4.69) is 10.2 Å². The first-order valence-corrected chi connectivity index (χ1v) is 3.30. The first kappa shape index (κ1) is 13.8. The molecular formula is C7H15N2NaO. The van der Waals surface area contributed by atoms with Crippen molar-refractivity contribution in [3.63, 3.8) is 0 Å². The molecule has 4 heteroatoms. The smallest absolute Gasteiger partial charge is 1.00 e. The minimum absolute atomic E-state index is 0. The molecular weight excluding hydrogens is 151 g/mol. The van der Waals surface area contributed by atoms with Crippen LogP contribution in [-0.4, -0.2) is 17.9 Å². The molecule has 0 amide bonds. The quantitative estimate of drug-likeness (QED) is 0.381. The van der Waals surface area contributed by atoms with Crippen molar-refractivity contribution in [3.8, 4) is 0 Å². The van der Waals surface area contributed by atoms with Crippen molar-refractivity contribution in [3.05, 3.63) is 0 Å². The normalized spacial score (nSPS) is 11.3. The maximum atomic E-state index is 10.4. The predicted molar refractivity (Wildman–Crippen MR) is 41.3 cm³/mol. The van der Waals surface area contributed by atoms with Crippen molar-refractivity contribution in [2.24, 2.45) is 10.2 Å². The van der Waals surface area contributed by atoms with Crippen LogP contribution in [0.1, 0.15) is 29.1 Å².